The average Bonchev–Trinajstić information content (AvgIpc) is 2.72. The molecule has 0 unspecified atom stereocenters. The minimum Gasteiger partial charge on any atom is -0.487 e. The quantitative estimate of drug-likeness (QED) is 0.340. The topological polar surface area (TPSA) is 62.1 Å². The SMILES string of the molecule is Cc1cc(C)cc(COc2ccc(/C=C(\C#N)C(=O)Nc3ccc(C)cc3C)cc2Cl)c1. The second kappa shape index (κ2) is 10.2. The van der Waals surface area contributed by atoms with Crippen LogP contribution in [-0.4, -0.2) is 5.91 Å². The summed E-state index contributed by atoms with van der Waals surface area (Å²) in [7, 11) is 0. The van der Waals surface area contributed by atoms with Gasteiger partial charge in [-0.2, -0.15) is 5.26 Å². The summed E-state index contributed by atoms with van der Waals surface area (Å²) < 4.78 is 5.87. The van der Waals surface area contributed by atoms with Crippen molar-refractivity contribution in [1.82, 2.24) is 0 Å². The summed E-state index contributed by atoms with van der Waals surface area (Å²) in [6, 6.07) is 19.1. The number of nitrogens with zero attached hydrogens (tertiary/aromatic N) is 1. The number of rotatable bonds is 6. The van der Waals surface area contributed by atoms with Gasteiger partial charge in [0.25, 0.3) is 5.91 Å². The van der Waals surface area contributed by atoms with E-state index in [-0.39, 0.29) is 5.57 Å². The third kappa shape index (κ3) is 6.00. The van der Waals surface area contributed by atoms with Crippen LogP contribution in [0.5, 0.6) is 5.75 Å². The molecule has 0 spiro atoms. The summed E-state index contributed by atoms with van der Waals surface area (Å²) in [5.74, 6) is 0.0759. The monoisotopic (exact) mass is 444 g/mol. The van der Waals surface area contributed by atoms with Crippen LogP contribution in [0.25, 0.3) is 6.08 Å². The van der Waals surface area contributed by atoms with E-state index in [2.05, 4.69) is 23.5 Å². The lowest BCUT2D eigenvalue weighted by Crippen LogP contribution is -2.14. The molecule has 0 aliphatic rings. The van der Waals surface area contributed by atoms with Crippen LogP contribution in [0.1, 0.15) is 33.4 Å². The highest BCUT2D eigenvalue weighted by molar-refractivity contribution is 6.32. The van der Waals surface area contributed by atoms with Crippen LogP contribution < -0.4 is 10.1 Å². The number of carbonyl (C=O) groups is 1. The van der Waals surface area contributed by atoms with Crippen molar-refractivity contribution in [3.63, 3.8) is 0 Å². The molecule has 162 valence electrons. The Morgan fingerprint density at radius 3 is 2.34 bits per heavy atom. The van der Waals surface area contributed by atoms with E-state index in [0.717, 1.165) is 16.7 Å². The Bertz CT molecular complexity index is 1220. The average molecular weight is 445 g/mol. The molecule has 1 N–H and O–H groups in total. The zero-order chi connectivity index (χ0) is 23.3. The van der Waals surface area contributed by atoms with E-state index in [4.69, 9.17) is 16.3 Å². The molecular formula is C27H25ClN2O2. The number of amides is 1. The maximum absolute atomic E-state index is 12.6. The van der Waals surface area contributed by atoms with Crippen molar-refractivity contribution in [2.45, 2.75) is 34.3 Å². The van der Waals surface area contributed by atoms with Gasteiger partial charge in [-0.1, -0.05) is 64.7 Å². The van der Waals surface area contributed by atoms with Crippen molar-refractivity contribution in [2.75, 3.05) is 5.32 Å². The van der Waals surface area contributed by atoms with Crippen LogP contribution in [0.3, 0.4) is 0 Å². The normalized spacial score (nSPS) is 11.1. The lowest BCUT2D eigenvalue weighted by molar-refractivity contribution is -0.112. The van der Waals surface area contributed by atoms with Gasteiger partial charge in [0.1, 0.15) is 24.0 Å². The fourth-order valence-electron chi connectivity index (χ4n) is 3.50. The zero-order valence-electron chi connectivity index (χ0n) is 18.6. The van der Waals surface area contributed by atoms with E-state index in [1.54, 1.807) is 18.2 Å². The van der Waals surface area contributed by atoms with Gasteiger partial charge in [0, 0.05) is 5.69 Å². The number of nitriles is 1. The summed E-state index contributed by atoms with van der Waals surface area (Å²) in [6.07, 6.45) is 1.51. The molecule has 0 atom stereocenters. The van der Waals surface area contributed by atoms with Crippen molar-refractivity contribution in [2.24, 2.45) is 0 Å². The molecule has 1 amide bonds. The summed E-state index contributed by atoms with van der Waals surface area (Å²) >= 11 is 6.39. The first-order valence-corrected chi connectivity index (χ1v) is 10.6. The molecule has 0 saturated carbocycles. The first kappa shape index (κ1) is 23.1. The van der Waals surface area contributed by atoms with Gasteiger partial charge >= 0.3 is 0 Å². The van der Waals surface area contributed by atoms with Gasteiger partial charge in [0.05, 0.1) is 5.02 Å². The minimum atomic E-state index is -0.467. The lowest BCUT2D eigenvalue weighted by atomic mass is 10.1. The minimum absolute atomic E-state index is 0.00931. The highest BCUT2D eigenvalue weighted by Gasteiger charge is 2.12. The molecule has 3 rings (SSSR count). The molecular weight excluding hydrogens is 420 g/mol. The van der Waals surface area contributed by atoms with Gasteiger partial charge < -0.3 is 10.1 Å². The zero-order valence-corrected chi connectivity index (χ0v) is 19.4. The van der Waals surface area contributed by atoms with Crippen molar-refractivity contribution < 1.29 is 9.53 Å². The standard InChI is InChI=1S/C27H25ClN2O2/c1-17-5-7-25(20(4)10-17)30-27(31)23(15-29)13-21-6-8-26(24(28)14-21)32-16-22-11-18(2)9-19(3)12-22/h5-14H,16H2,1-4H3,(H,30,31)/b23-13+. The third-order valence-electron chi connectivity index (χ3n) is 4.94. The van der Waals surface area contributed by atoms with Gasteiger partial charge in [0.2, 0.25) is 0 Å². The largest absolute Gasteiger partial charge is 0.487 e. The number of halogens is 1. The van der Waals surface area contributed by atoms with Crippen molar-refractivity contribution >= 4 is 29.3 Å². The van der Waals surface area contributed by atoms with Gasteiger partial charge in [-0.15, -0.1) is 0 Å². The van der Waals surface area contributed by atoms with Gasteiger partial charge in [0.15, 0.2) is 0 Å². The molecule has 32 heavy (non-hydrogen) atoms. The van der Waals surface area contributed by atoms with Crippen LogP contribution >= 0.6 is 11.6 Å². The first-order chi connectivity index (χ1) is 15.2. The summed E-state index contributed by atoms with van der Waals surface area (Å²) in [6.45, 7) is 8.40. The van der Waals surface area contributed by atoms with E-state index in [1.807, 2.05) is 52.0 Å². The van der Waals surface area contributed by atoms with Gasteiger partial charge in [-0.05, 0) is 68.7 Å². The Morgan fingerprint density at radius 2 is 1.72 bits per heavy atom. The second-order valence-electron chi connectivity index (χ2n) is 7.92. The Kier molecular flexibility index (Phi) is 7.35. The highest BCUT2D eigenvalue weighted by Crippen LogP contribution is 2.28. The Balaban J connectivity index is 1.73. The van der Waals surface area contributed by atoms with E-state index in [0.29, 0.717) is 28.6 Å². The molecule has 3 aromatic carbocycles. The van der Waals surface area contributed by atoms with E-state index >= 15 is 0 Å². The van der Waals surface area contributed by atoms with Crippen LogP contribution in [0.2, 0.25) is 5.02 Å². The number of aryl methyl sites for hydroxylation is 4. The predicted molar refractivity (Wildman–Crippen MR) is 130 cm³/mol. The van der Waals surface area contributed by atoms with Gasteiger partial charge in [-0.3, -0.25) is 4.79 Å². The molecule has 0 aliphatic heterocycles. The molecule has 0 aliphatic carbocycles. The first-order valence-electron chi connectivity index (χ1n) is 10.2. The summed E-state index contributed by atoms with van der Waals surface area (Å²) in [5.41, 5.74) is 6.77. The predicted octanol–water partition coefficient (Wildman–Crippen LogP) is 6.70. The lowest BCUT2D eigenvalue weighted by Gasteiger charge is -2.11. The third-order valence-corrected chi connectivity index (χ3v) is 5.23. The molecule has 0 radical (unpaired) electrons. The van der Waals surface area contributed by atoms with Crippen LogP contribution in [-0.2, 0) is 11.4 Å². The van der Waals surface area contributed by atoms with Crippen LogP contribution in [0.4, 0.5) is 5.69 Å². The fourth-order valence-corrected chi connectivity index (χ4v) is 3.74. The highest BCUT2D eigenvalue weighted by atomic mass is 35.5. The van der Waals surface area contributed by atoms with Crippen molar-refractivity contribution in [3.05, 3.63) is 98.6 Å². The molecule has 5 heteroatoms. The molecule has 0 heterocycles. The maximum atomic E-state index is 12.6. The van der Waals surface area contributed by atoms with Gasteiger partial charge in [-0.25, -0.2) is 0 Å². The van der Waals surface area contributed by atoms with E-state index < -0.39 is 5.91 Å². The second-order valence-corrected chi connectivity index (χ2v) is 8.32. The Labute approximate surface area is 194 Å². The van der Waals surface area contributed by atoms with E-state index in [9.17, 15) is 10.1 Å². The molecule has 0 aromatic heterocycles. The van der Waals surface area contributed by atoms with E-state index in [1.165, 1.54) is 17.2 Å². The molecule has 0 fully saturated rings. The maximum Gasteiger partial charge on any atom is 0.266 e. The number of hydrogen-bond acceptors (Lipinski definition) is 3. The smallest absolute Gasteiger partial charge is 0.266 e. The Hall–Kier alpha value is -3.55. The molecule has 0 saturated heterocycles. The fraction of sp³-hybridized carbons (Fsp3) is 0.185. The number of nitrogens with one attached hydrogen (secondary N) is 1. The Morgan fingerprint density at radius 1 is 1.00 bits per heavy atom. The number of benzene rings is 3. The summed E-state index contributed by atoms with van der Waals surface area (Å²) in [5, 5.41) is 12.7. The number of ether oxygens (including phenoxy) is 1. The van der Waals surface area contributed by atoms with Crippen LogP contribution in [0, 0.1) is 39.0 Å². The van der Waals surface area contributed by atoms with Crippen molar-refractivity contribution in [3.8, 4) is 11.8 Å². The van der Waals surface area contributed by atoms with Crippen molar-refractivity contribution in [1.29, 1.82) is 5.26 Å². The summed E-state index contributed by atoms with van der Waals surface area (Å²) in [4.78, 5) is 12.6. The number of anilines is 1. The molecule has 3 aromatic rings. The molecule has 4 nitrogen and oxygen atoms in total. The van der Waals surface area contributed by atoms with Crippen LogP contribution in [0.15, 0.2) is 60.2 Å². The number of carbonyl (C=O) groups excluding carboxylic acids is 1. The number of hydrogen-bond donors (Lipinski definition) is 1. The molecule has 0 bridgehead atoms.